The van der Waals surface area contributed by atoms with Gasteiger partial charge in [-0.3, -0.25) is 5.10 Å². The Morgan fingerprint density at radius 1 is 1.45 bits per heavy atom. The van der Waals surface area contributed by atoms with Crippen molar-refractivity contribution in [3.63, 3.8) is 0 Å². The van der Waals surface area contributed by atoms with Crippen molar-refractivity contribution in [3.05, 3.63) is 11.9 Å². The molecule has 2 rings (SSSR count). The van der Waals surface area contributed by atoms with Crippen LogP contribution in [-0.2, 0) is 10.0 Å². The first-order valence-electron chi connectivity index (χ1n) is 7.14. The van der Waals surface area contributed by atoms with Crippen LogP contribution in [0, 0.1) is 12.8 Å². The molecule has 7 heteroatoms. The molecule has 0 atom stereocenters. The van der Waals surface area contributed by atoms with Crippen LogP contribution in [0.4, 0.5) is 0 Å². The Kier molecular flexibility index (Phi) is 4.82. The van der Waals surface area contributed by atoms with E-state index in [1.165, 1.54) is 6.20 Å². The molecule has 1 aromatic heterocycles. The Hall–Kier alpha value is -0.920. The van der Waals surface area contributed by atoms with E-state index in [0.717, 1.165) is 19.4 Å². The third kappa shape index (κ3) is 3.39. The van der Waals surface area contributed by atoms with Crippen LogP contribution >= 0.6 is 0 Å². The molecular weight excluding hydrogens is 276 g/mol. The van der Waals surface area contributed by atoms with Crippen molar-refractivity contribution in [2.45, 2.75) is 44.6 Å². The van der Waals surface area contributed by atoms with Gasteiger partial charge in [-0.1, -0.05) is 13.8 Å². The molecule has 0 bridgehead atoms. The van der Waals surface area contributed by atoms with Gasteiger partial charge in [0.1, 0.15) is 4.90 Å². The highest BCUT2D eigenvalue weighted by Gasteiger charge is 2.31. The molecule has 0 amide bonds. The lowest BCUT2D eigenvalue weighted by Gasteiger charge is -2.31. The minimum Gasteiger partial charge on any atom is -0.314 e. The van der Waals surface area contributed by atoms with E-state index in [9.17, 15) is 8.42 Å². The Balaban J connectivity index is 1.95. The van der Waals surface area contributed by atoms with Crippen LogP contribution in [0.15, 0.2) is 11.1 Å². The molecule has 1 saturated heterocycles. The molecule has 1 aliphatic rings. The van der Waals surface area contributed by atoms with E-state index in [1.807, 2.05) is 0 Å². The Morgan fingerprint density at radius 3 is 2.60 bits per heavy atom. The van der Waals surface area contributed by atoms with E-state index in [2.05, 4.69) is 29.4 Å². The van der Waals surface area contributed by atoms with E-state index in [1.54, 1.807) is 11.2 Å². The molecule has 1 fully saturated rings. The molecule has 0 aromatic carbocycles. The third-order valence-electron chi connectivity index (χ3n) is 3.79. The first-order chi connectivity index (χ1) is 9.41. The first kappa shape index (κ1) is 15.5. The number of H-pyrrole nitrogens is 1. The summed E-state index contributed by atoms with van der Waals surface area (Å²) in [5.74, 6) is 0.564. The van der Waals surface area contributed by atoms with Crippen LogP contribution in [0.2, 0.25) is 0 Å². The molecule has 0 radical (unpaired) electrons. The lowest BCUT2D eigenvalue weighted by atomic mass is 9.98. The fourth-order valence-electron chi connectivity index (χ4n) is 2.49. The van der Waals surface area contributed by atoms with Gasteiger partial charge in [-0.15, -0.1) is 0 Å². The molecule has 20 heavy (non-hydrogen) atoms. The molecule has 1 aromatic rings. The van der Waals surface area contributed by atoms with Crippen LogP contribution in [0.1, 0.15) is 32.4 Å². The van der Waals surface area contributed by atoms with Crippen molar-refractivity contribution >= 4 is 10.0 Å². The van der Waals surface area contributed by atoms with Crippen LogP contribution in [0.25, 0.3) is 0 Å². The highest BCUT2D eigenvalue weighted by atomic mass is 32.2. The van der Waals surface area contributed by atoms with E-state index in [0.29, 0.717) is 35.6 Å². The average Bonchev–Trinajstić information content (AvgIpc) is 2.84. The van der Waals surface area contributed by atoms with Crippen molar-refractivity contribution in [2.75, 3.05) is 19.6 Å². The molecule has 0 spiro atoms. The molecular formula is C13H24N4O2S. The van der Waals surface area contributed by atoms with Gasteiger partial charge in [0.05, 0.1) is 11.9 Å². The summed E-state index contributed by atoms with van der Waals surface area (Å²) in [4.78, 5) is 0.302. The maximum Gasteiger partial charge on any atom is 0.246 e. The van der Waals surface area contributed by atoms with Gasteiger partial charge in [0.25, 0.3) is 0 Å². The average molecular weight is 300 g/mol. The summed E-state index contributed by atoms with van der Waals surface area (Å²) in [7, 11) is -3.38. The van der Waals surface area contributed by atoms with Crippen molar-refractivity contribution < 1.29 is 8.42 Å². The number of sulfonamides is 1. The highest BCUT2D eigenvalue weighted by molar-refractivity contribution is 7.89. The van der Waals surface area contributed by atoms with Gasteiger partial charge in [-0.05, 0) is 32.2 Å². The second-order valence-electron chi connectivity index (χ2n) is 5.77. The van der Waals surface area contributed by atoms with Gasteiger partial charge in [0.2, 0.25) is 10.0 Å². The zero-order valence-electron chi connectivity index (χ0n) is 12.4. The molecule has 0 unspecified atom stereocenters. The predicted molar refractivity (Wildman–Crippen MR) is 77.9 cm³/mol. The summed E-state index contributed by atoms with van der Waals surface area (Å²) in [5.41, 5.74) is 0.605. The SMILES string of the molecule is Cc1[nH]ncc1S(=O)(=O)N1CCC(CNC(C)C)CC1. The number of aryl methyl sites for hydroxylation is 1. The summed E-state index contributed by atoms with van der Waals surface area (Å²) in [6, 6.07) is 0.477. The molecule has 0 saturated carbocycles. The van der Waals surface area contributed by atoms with Gasteiger partial charge < -0.3 is 5.32 Å². The highest BCUT2D eigenvalue weighted by Crippen LogP contribution is 2.24. The molecule has 6 nitrogen and oxygen atoms in total. The monoisotopic (exact) mass is 300 g/mol. The van der Waals surface area contributed by atoms with Gasteiger partial charge in [-0.2, -0.15) is 9.40 Å². The number of hydrogen-bond donors (Lipinski definition) is 2. The zero-order chi connectivity index (χ0) is 14.8. The van der Waals surface area contributed by atoms with E-state index < -0.39 is 10.0 Å². The van der Waals surface area contributed by atoms with Crippen LogP contribution in [0.3, 0.4) is 0 Å². The van der Waals surface area contributed by atoms with E-state index >= 15 is 0 Å². The summed E-state index contributed by atoms with van der Waals surface area (Å²) in [6.07, 6.45) is 3.22. The zero-order valence-corrected chi connectivity index (χ0v) is 13.2. The van der Waals surface area contributed by atoms with Crippen molar-refractivity contribution in [3.8, 4) is 0 Å². The second kappa shape index (κ2) is 6.24. The van der Waals surface area contributed by atoms with Crippen molar-refractivity contribution in [1.82, 2.24) is 19.8 Å². The van der Waals surface area contributed by atoms with Crippen LogP contribution in [-0.4, -0.2) is 48.6 Å². The minimum absolute atomic E-state index is 0.302. The smallest absolute Gasteiger partial charge is 0.246 e. The minimum atomic E-state index is -3.38. The Morgan fingerprint density at radius 2 is 2.10 bits per heavy atom. The molecule has 0 aliphatic carbocycles. The third-order valence-corrected chi connectivity index (χ3v) is 5.80. The molecule has 1 aliphatic heterocycles. The van der Waals surface area contributed by atoms with Crippen LogP contribution < -0.4 is 5.32 Å². The number of hydrogen-bond acceptors (Lipinski definition) is 4. The maximum atomic E-state index is 12.5. The molecule has 2 N–H and O–H groups in total. The lowest BCUT2D eigenvalue weighted by molar-refractivity contribution is 0.264. The maximum absolute atomic E-state index is 12.5. The lowest BCUT2D eigenvalue weighted by Crippen LogP contribution is -2.41. The molecule has 2 heterocycles. The number of nitrogens with one attached hydrogen (secondary N) is 2. The van der Waals surface area contributed by atoms with Gasteiger partial charge in [0.15, 0.2) is 0 Å². The van der Waals surface area contributed by atoms with Crippen molar-refractivity contribution in [2.24, 2.45) is 5.92 Å². The standard InChI is InChI=1S/C13H24N4O2S/c1-10(2)14-8-12-4-6-17(7-5-12)20(18,19)13-9-15-16-11(13)3/h9-10,12,14H,4-8H2,1-3H3,(H,15,16). The van der Waals surface area contributed by atoms with Crippen molar-refractivity contribution in [1.29, 1.82) is 0 Å². The Labute approximate surface area is 121 Å². The number of nitrogens with zero attached hydrogens (tertiary/aromatic N) is 2. The summed E-state index contributed by atoms with van der Waals surface area (Å²) >= 11 is 0. The van der Waals surface area contributed by atoms with Gasteiger partial charge in [-0.25, -0.2) is 8.42 Å². The summed E-state index contributed by atoms with van der Waals surface area (Å²) in [6.45, 7) is 8.15. The predicted octanol–water partition coefficient (Wildman–Crippen LogP) is 1.12. The Bertz CT molecular complexity index is 530. The topological polar surface area (TPSA) is 78.1 Å². The number of aromatic nitrogens is 2. The van der Waals surface area contributed by atoms with Gasteiger partial charge in [0, 0.05) is 19.1 Å². The summed E-state index contributed by atoms with van der Waals surface area (Å²) in [5, 5.41) is 9.92. The molecule has 114 valence electrons. The number of aromatic amines is 1. The quantitative estimate of drug-likeness (QED) is 0.854. The first-order valence-corrected chi connectivity index (χ1v) is 8.58. The van der Waals surface area contributed by atoms with Gasteiger partial charge >= 0.3 is 0 Å². The van der Waals surface area contributed by atoms with E-state index in [-0.39, 0.29) is 0 Å². The fraction of sp³-hybridized carbons (Fsp3) is 0.769. The largest absolute Gasteiger partial charge is 0.314 e. The summed E-state index contributed by atoms with van der Waals surface area (Å²) < 4.78 is 26.6. The van der Waals surface area contributed by atoms with Crippen LogP contribution in [0.5, 0.6) is 0 Å². The van der Waals surface area contributed by atoms with E-state index in [4.69, 9.17) is 0 Å². The number of piperidine rings is 1. The fourth-order valence-corrected chi connectivity index (χ4v) is 4.08. The normalized spacial score (nSPS) is 18.8. The number of rotatable bonds is 5. The second-order valence-corrected chi connectivity index (χ2v) is 7.68.